The Morgan fingerprint density at radius 1 is 1.50 bits per heavy atom. The molecule has 0 spiro atoms. The van der Waals surface area contributed by atoms with Gasteiger partial charge in [0.1, 0.15) is 12.4 Å². The first-order valence-electron chi connectivity index (χ1n) is 4.70. The SMILES string of the molecule is CC[C@H](O)COc1cc(C)ccc1Br. The first-order valence-corrected chi connectivity index (χ1v) is 5.49. The molecule has 1 rings (SSSR count). The fourth-order valence-electron chi connectivity index (χ4n) is 1.03. The van der Waals surface area contributed by atoms with Crippen LogP contribution in [0.5, 0.6) is 5.75 Å². The van der Waals surface area contributed by atoms with Crippen LogP contribution in [-0.4, -0.2) is 17.8 Å². The van der Waals surface area contributed by atoms with Gasteiger partial charge in [-0.05, 0) is 47.0 Å². The van der Waals surface area contributed by atoms with Gasteiger partial charge in [0.05, 0.1) is 10.6 Å². The van der Waals surface area contributed by atoms with E-state index in [-0.39, 0.29) is 6.10 Å². The molecule has 0 radical (unpaired) electrons. The quantitative estimate of drug-likeness (QED) is 0.900. The summed E-state index contributed by atoms with van der Waals surface area (Å²) in [6.45, 7) is 4.29. The molecule has 1 aromatic carbocycles. The van der Waals surface area contributed by atoms with Crippen LogP contribution >= 0.6 is 15.9 Å². The van der Waals surface area contributed by atoms with Crippen molar-refractivity contribution in [2.45, 2.75) is 26.4 Å². The van der Waals surface area contributed by atoms with Crippen molar-refractivity contribution in [2.75, 3.05) is 6.61 Å². The van der Waals surface area contributed by atoms with Crippen LogP contribution in [0.2, 0.25) is 0 Å². The van der Waals surface area contributed by atoms with Gasteiger partial charge in [-0.25, -0.2) is 0 Å². The van der Waals surface area contributed by atoms with E-state index in [1.807, 2.05) is 32.0 Å². The normalized spacial score (nSPS) is 12.6. The Kier molecular flexibility index (Phi) is 4.42. The van der Waals surface area contributed by atoms with Gasteiger partial charge in [0, 0.05) is 0 Å². The third kappa shape index (κ3) is 3.31. The highest BCUT2D eigenvalue weighted by atomic mass is 79.9. The molecule has 1 aromatic rings. The average molecular weight is 259 g/mol. The number of benzene rings is 1. The maximum Gasteiger partial charge on any atom is 0.133 e. The van der Waals surface area contributed by atoms with Gasteiger partial charge < -0.3 is 9.84 Å². The summed E-state index contributed by atoms with van der Waals surface area (Å²) < 4.78 is 6.40. The molecule has 0 unspecified atom stereocenters. The van der Waals surface area contributed by atoms with Gasteiger partial charge in [0.15, 0.2) is 0 Å². The summed E-state index contributed by atoms with van der Waals surface area (Å²) in [6, 6.07) is 5.91. The molecule has 0 fully saturated rings. The molecule has 0 saturated carbocycles. The van der Waals surface area contributed by atoms with Crippen molar-refractivity contribution in [1.82, 2.24) is 0 Å². The van der Waals surface area contributed by atoms with E-state index in [0.29, 0.717) is 13.0 Å². The van der Waals surface area contributed by atoms with Crippen LogP contribution in [0.25, 0.3) is 0 Å². The van der Waals surface area contributed by atoms with E-state index in [0.717, 1.165) is 15.8 Å². The summed E-state index contributed by atoms with van der Waals surface area (Å²) in [5.41, 5.74) is 1.15. The number of aliphatic hydroxyl groups is 1. The first kappa shape index (κ1) is 11.5. The van der Waals surface area contributed by atoms with Gasteiger partial charge in [0.25, 0.3) is 0 Å². The Morgan fingerprint density at radius 3 is 2.86 bits per heavy atom. The Labute approximate surface area is 93.0 Å². The molecular formula is C11H15BrO2. The van der Waals surface area contributed by atoms with E-state index in [2.05, 4.69) is 15.9 Å². The number of halogens is 1. The van der Waals surface area contributed by atoms with E-state index in [4.69, 9.17) is 4.74 Å². The molecule has 2 nitrogen and oxygen atoms in total. The van der Waals surface area contributed by atoms with E-state index < -0.39 is 0 Å². The largest absolute Gasteiger partial charge is 0.490 e. The summed E-state index contributed by atoms with van der Waals surface area (Å²) in [7, 11) is 0. The second kappa shape index (κ2) is 5.37. The van der Waals surface area contributed by atoms with E-state index in [1.165, 1.54) is 0 Å². The maximum atomic E-state index is 9.34. The summed E-state index contributed by atoms with van der Waals surface area (Å²) >= 11 is 3.40. The third-order valence-corrected chi connectivity index (χ3v) is 2.64. The molecule has 1 N–H and O–H groups in total. The van der Waals surface area contributed by atoms with Gasteiger partial charge in [-0.3, -0.25) is 0 Å². The molecule has 0 aliphatic heterocycles. The van der Waals surface area contributed by atoms with E-state index in [9.17, 15) is 5.11 Å². The highest BCUT2D eigenvalue weighted by Gasteiger charge is 2.04. The molecule has 0 aliphatic carbocycles. The predicted molar refractivity (Wildman–Crippen MR) is 60.7 cm³/mol. The zero-order valence-corrected chi connectivity index (χ0v) is 10.0. The van der Waals surface area contributed by atoms with Crippen molar-refractivity contribution in [3.05, 3.63) is 28.2 Å². The molecule has 3 heteroatoms. The third-order valence-electron chi connectivity index (χ3n) is 1.99. The van der Waals surface area contributed by atoms with Crippen molar-refractivity contribution < 1.29 is 9.84 Å². The molecule has 0 aliphatic rings. The fourth-order valence-corrected chi connectivity index (χ4v) is 1.39. The molecule has 0 saturated heterocycles. The molecule has 1 atom stereocenters. The second-order valence-corrected chi connectivity index (χ2v) is 4.16. The van der Waals surface area contributed by atoms with E-state index in [1.54, 1.807) is 0 Å². The van der Waals surface area contributed by atoms with Crippen molar-refractivity contribution in [1.29, 1.82) is 0 Å². The zero-order valence-electron chi connectivity index (χ0n) is 8.46. The van der Waals surface area contributed by atoms with Crippen LogP contribution < -0.4 is 4.74 Å². The number of rotatable bonds is 4. The van der Waals surface area contributed by atoms with Crippen LogP contribution in [-0.2, 0) is 0 Å². The van der Waals surface area contributed by atoms with Crippen molar-refractivity contribution in [3.63, 3.8) is 0 Å². The fraction of sp³-hybridized carbons (Fsp3) is 0.455. The highest BCUT2D eigenvalue weighted by molar-refractivity contribution is 9.10. The molecular weight excluding hydrogens is 244 g/mol. The van der Waals surface area contributed by atoms with Gasteiger partial charge in [-0.15, -0.1) is 0 Å². The second-order valence-electron chi connectivity index (χ2n) is 3.31. The van der Waals surface area contributed by atoms with E-state index >= 15 is 0 Å². The topological polar surface area (TPSA) is 29.5 Å². The molecule has 0 aromatic heterocycles. The minimum Gasteiger partial charge on any atom is -0.490 e. The summed E-state index contributed by atoms with van der Waals surface area (Å²) in [6.07, 6.45) is 0.325. The van der Waals surface area contributed by atoms with Gasteiger partial charge in [0.2, 0.25) is 0 Å². The molecule has 0 bridgehead atoms. The Hall–Kier alpha value is -0.540. The number of hydrogen-bond donors (Lipinski definition) is 1. The van der Waals surface area contributed by atoms with Crippen LogP contribution in [0.4, 0.5) is 0 Å². The van der Waals surface area contributed by atoms with Crippen molar-refractivity contribution in [3.8, 4) is 5.75 Å². The predicted octanol–water partition coefficient (Wildman–Crippen LogP) is 2.91. The number of aryl methyl sites for hydroxylation is 1. The van der Waals surface area contributed by atoms with Gasteiger partial charge in [-0.1, -0.05) is 13.0 Å². The smallest absolute Gasteiger partial charge is 0.133 e. The lowest BCUT2D eigenvalue weighted by Crippen LogP contribution is -2.16. The molecule has 0 amide bonds. The van der Waals surface area contributed by atoms with Crippen LogP contribution in [0, 0.1) is 6.92 Å². The number of hydrogen-bond acceptors (Lipinski definition) is 2. The lowest BCUT2D eigenvalue weighted by molar-refractivity contribution is 0.104. The standard InChI is InChI=1S/C11H15BrO2/c1-3-9(13)7-14-11-6-8(2)4-5-10(11)12/h4-6,9,13H,3,7H2,1-2H3/t9-/m0/s1. The van der Waals surface area contributed by atoms with Crippen LogP contribution in [0.3, 0.4) is 0 Å². The molecule has 0 heterocycles. The first-order chi connectivity index (χ1) is 6.63. The maximum absolute atomic E-state index is 9.34. The monoisotopic (exact) mass is 258 g/mol. The number of ether oxygens (including phenoxy) is 1. The summed E-state index contributed by atoms with van der Waals surface area (Å²) in [5.74, 6) is 0.789. The lowest BCUT2D eigenvalue weighted by Gasteiger charge is -2.11. The Balaban J connectivity index is 2.62. The van der Waals surface area contributed by atoms with Gasteiger partial charge >= 0.3 is 0 Å². The van der Waals surface area contributed by atoms with Crippen molar-refractivity contribution in [2.24, 2.45) is 0 Å². The molecule has 14 heavy (non-hydrogen) atoms. The lowest BCUT2D eigenvalue weighted by atomic mass is 10.2. The highest BCUT2D eigenvalue weighted by Crippen LogP contribution is 2.25. The number of aliphatic hydroxyl groups excluding tert-OH is 1. The molecule has 78 valence electrons. The minimum atomic E-state index is -0.387. The van der Waals surface area contributed by atoms with Crippen LogP contribution in [0.15, 0.2) is 22.7 Å². The summed E-state index contributed by atoms with van der Waals surface area (Å²) in [5, 5.41) is 9.34. The summed E-state index contributed by atoms with van der Waals surface area (Å²) in [4.78, 5) is 0. The van der Waals surface area contributed by atoms with Crippen molar-refractivity contribution >= 4 is 15.9 Å². The zero-order chi connectivity index (χ0) is 10.6. The average Bonchev–Trinajstić information content (AvgIpc) is 2.19. The minimum absolute atomic E-state index is 0.346. The van der Waals surface area contributed by atoms with Crippen LogP contribution in [0.1, 0.15) is 18.9 Å². The Bertz CT molecular complexity index is 299. The van der Waals surface area contributed by atoms with Gasteiger partial charge in [-0.2, -0.15) is 0 Å². The Morgan fingerprint density at radius 2 is 2.21 bits per heavy atom.